The van der Waals surface area contributed by atoms with Crippen molar-refractivity contribution in [3.05, 3.63) is 29.3 Å². The van der Waals surface area contributed by atoms with Gasteiger partial charge in [0, 0.05) is 13.7 Å². The lowest BCUT2D eigenvalue weighted by Crippen LogP contribution is -2.20. The molecule has 0 heterocycles. The van der Waals surface area contributed by atoms with Gasteiger partial charge in [-0.25, -0.2) is 0 Å². The van der Waals surface area contributed by atoms with E-state index in [2.05, 4.69) is 44.3 Å². The molecule has 1 N–H and O–H groups in total. The highest BCUT2D eigenvalue weighted by Gasteiger charge is 2.03. The molecule has 3 heteroatoms. The van der Waals surface area contributed by atoms with Crippen LogP contribution in [0.3, 0.4) is 0 Å². The molecule has 114 valence electrons. The van der Waals surface area contributed by atoms with Gasteiger partial charge in [-0.2, -0.15) is 0 Å². The lowest BCUT2D eigenvalue weighted by atomic mass is 10.0. The fraction of sp³-hybridized carbons (Fsp3) is 0.647. The summed E-state index contributed by atoms with van der Waals surface area (Å²) < 4.78 is 10.8. The van der Waals surface area contributed by atoms with Gasteiger partial charge < -0.3 is 14.8 Å². The minimum Gasteiger partial charge on any atom is -0.494 e. The van der Waals surface area contributed by atoms with E-state index in [0.717, 1.165) is 44.9 Å². The van der Waals surface area contributed by atoms with Crippen LogP contribution in [0.25, 0.3) is 0 Å². The SMILES string of the molecule is COCCNCCCCOc1cc(C)cc(C(C)C)c1. The number of rotatable bonds is 10. The Bertz CT molecular complexity index is 377. The smallest absolute Gasteiger partial charge is 0.119 e. The summed E-state index contributed by atoms with van der Waals surface area (Å²) in [7, 11) is 1.72. The highest BCUT2D eigenvalue weighted by Crippen LogP contribution is 2.22. The average molecular weight is 279 g/mol. The molecule has 0 aromatic heterocycles. The largest absolute Gasteiger partial charge is 0.494 e. The van der Waals surface area contributed by atoms with Crippen LogP contribution in [0.15, 0.2) is 18.2 Å². The molecular formula is C17H29NO2. The normalized spacial score (nSPS) is 11.1. The summed E-state index contributed by atoms with van der Waals surface area (Å²) in [6, 6.07) is 6.51. The highest BCUT2D eigenvalue weighted by molar-refractivity contribution is 5.35. The van der Waals surface area contributed by atoms with E-state index in [0.29, 0.717) is 5.92 Å². The predicted molar refractivity (Wildman–Crippen MR) is 84.7 cm³/mol. The van der Waals surface area contributed by atoms with Crippen molar-refractivity contribution in [3.8, 4) is 5.75 Å². The van der Waals surface area contributed by atoms with Gasteiger partial charge in [0.15, 0.2) is 0 Å². The molecule has 0 atom stereocenters. The van der Waals surface area contributed by atoms with Crippen LogP contribution in [-0.4, -0.2) is 33.4 Å². The van der Waals surface area contributed by atoms with Crippen molar-refractivity contribution < 1.29 is 9.47 Å². The summed E-state index contributed by atoms with van der Waals surface area (Å²) in [4.78, 5) is 0. The zero-order valence-corrected chi connectivity index (χ0v) is 13.4. The van der Waals surface area contributed by atoms with Gasteiger partial charge in [0.2, 0.25) is 0 Å². The first-order valence-electron chi connectivity index (χ1n) is 7.57. The molecule has 0 aliphatic rings. The summed E-state index contributed by atoms with van der Waals surface area (Å²) in [6.45, 7) is 10.1. The van der Waals surface area contributed by atoms with Crippen LogP contribution in [-0.2, 0) is 4.74 Å². The summed E-state index contributed by atoms with van der Waals surface area (Å²) in [6.07, 6.45) is 2.21. The molecule has 3 nitrogen and oxygen atoms in total. The van der Waals surface area contributed by atoms with Crippen LogP contribution >= 0.6 is 0 Å². The second-order valence-electron chi connectivity index (χ2n) is 5.53. The van der Waals surface area contributed by atoms with E-state index >= 15 is 0 Å². The Hall–Kier alpha value is -1.06. The third-order valence-electron chi connectivity index (χ3n) is 3.24. The maximum absolute atomic E-state index is 5.85. The molecule has 0 amide bonds. The van der Waals surface area contributed by atoms with Crippen LogP contribution < -0.4 is 10.1 Å². The fourth-order valence-corrected chi connectivity index (χ4v) is 2.03. The van der Waals surface area contributed by atoms with Gasteiger partial charge in [-0.3, -0.25) is 0 Å². The number of unbranched alkanes of at least 4 members (excludes halogenated alkanes) is 1. The standard InChI is InChI=1S/C17H29NO2/c1-14(2)16-11-15(3)12-17(13-16)20-9-6-5-7-18-8-10-19-4/h11-14,18H,5-10H2,1-4H3. The Kier molecular flexibility index (Phi) is 8.31. The predicted octanol–water partition coefficient (Wildman–Crippen LogP) is 3.51. The number of ether oxygens (including phenoxy) is 2. The summed E-state index contributed by atoms with van der Waals surface area (Å²) in [5.41, 5.74) is 2.62. The third kappa shape index (κ3) is 6.92. The van der Waals surface area contributed by atoms with Crippen LogP contribution in [0.4, 0.5) is 0 Å². The topological polar surface area (TPSA) is 30.5 Å². The lowest BCUT2D eigenvalue weighted by molar-refractivity contribution is 0.199. The number of benzene rings is 1. The molecule has 1 aromatic carbocycles. The summed E-state index contributed by atoms with van der Waals surface area (Å²) in [5, 5.41) is 3.34. The van der Waals surface area contributed by atoms with Crippen molar-refractivity contribution in [2.75, 3.05) is 33.4 Å². The van der Waals surface area contributed by atoms with E-state index in [-0.39, 0.29) is 0 Å². The van der Waals surface area contributed by atoms with Gasteiger partial charge in [-0.1, -0.05) is 19.9 Å². The van der Waals surface area contributed by atoms with Crippen LogP contribution in [0, 0.1) is 6.92 Å². The van der Waals surface area contributed by atoms with Gasteiger partial charge in [-0.15, -0.1) is 0 Å². The molecule has 0 radical (unpaired) electrons. The van der Waals surface area contributed by atoms with E-state index in [4.69, 9.17) is 9.47 Å². The molecule has 0 spiro atoms. The van der Waals surface area contributed by atoms with E-state index < -0.39 is 0 Å². The molecular weight excluding hydrogens is 250 g/mol. The maximum Gasteiger partial charge on any atom is 0.119 e. The maximum atomic E-state index is 5.85. The Labute approximate surface area is 123 Å². The van der Waals surface area contributed by atoms with E-state index in [1.807, 2.05) is 0 Å². The molecule has 0 unspecified atom stereocenters. The van der Waals surface area contributed by atoms with Gasteiger partial charge in [-0.05, 0) is 55.5 Å². The molecule has 20 heavy (non-hydrogen) atoms. The molecule has 0 saturated heterocycles. The average Bonchev–Trinajstić information content (AvgIpc) is 2.41. The van der Waals surface area contributed by atoms with Gasteiger partial charge >= 0.3 is 0 Å². The Morgan fingerprint density at radius 2 is 1.85 bits per heavy atom. The zero-order chi connectivity index (χ0) is 14.8. The second kappa shape index (κ2) is 9.78. The Balaban J connectivity index is 2.21. The van der Waals surface area contributed by atoms with Gasteiger partial charge in [0.1, 0.15) is 5.75 Å². The number of hydrogen-bond donors (Lipinski definition) is 1. The van der Waals surface area contributed by atoms with Crippen LogP contribution in [0.2, 0.25) is 0 Å². The Morgan fingerprint density at radius 3 is 2.55 bits per heavy atom. The number of nitrogens with one attached hydrogen (secondary N) is 1. The van der Waals surface area contributed by atoms with Crippen LogP contribution in [0.5, 0.6) is 5.75 Å². The number of aryl methyl sites for hydroxylation is 1. The highest BCUT2D eigenvalue weighted by atomic mass is 16.5. The second-order valence-corrected chi connectivity index (χ2v) is 5.53. The molecule has 0 aliphatic heterocycles. The van der Waals surface area contributed by atoms with Crippen molar-refractivity contribution in [3.63, 3.8) is 0 Å². The van der Waals surface area contributed by atoms with Gasteiger partial charge in [0.05, 0.1) is 13.2 Å². The quantitative estimate of drug-likeness (QED) is 0.665. The van der Waals surface area contributed by atoms with Crippen molar-refractivity contribution in [2.24, 2.45) is 0 Å². The summed E-state index contributed by atoms with van der Waals surface area (Å²) >= 11 is 0. The van der Waals surface area contributed by atoms with Crippen molar-refractivity contribution in [1.82, 2.24) is 5.32 Å². The van der Waals surface area contributed by atoms with E-state index in [1.165, 1.54) is 11.1 Å². The minimum absolute atomic E-state index is 0.544. The molecule has 0 saturated carbocycles. The first-order valence-corrected chi connectivity index (χ1v) is 7.57. The molecule has 1 rings (SSSR count). The number of methoxy groups -OCH3 is 1. The van der Waals surface area contributed by atoms with Crippen molar-refractivity contribution in [1.29, 1.82) is 0 Å². The Morgan fingerprint density at radius 1 is 1.05 bits per heavy atom. The lowest BCUT2D eigenvalue weighted by Gasteiger charge is -2.12. The molecule has 0 aliphatic carbocycles. The zero-order valence-electron chi connectivity index (χ0n) is 13.4. The first-order chi connectivity index (χ1) is 9.63. The number of hydrogen-bond acceptors (Lipinski definition) is 3. The molecule has 0 bridgehead atoms. The molecule has 0 fully saturated rings. The van der Waals surface area contributed by atoms with Crippen LogP contribution in [0.1, 0.15) is 43.7 Å². The molecule has 1 aromatic rings. The monoisotopic (exact) mass is 279 g/mol. The fourth-order valence-electron chi connectivity index (χ4n) is 2.03. The first kappa shape index (κ1) is 17.0. The minimum atomic E-state index is 0.544. The summed E-state index contributed by atoms with van der Waals surface area (Å²) in [5.74, 6) is 1.54. The van der Waals surface area contributed by atoms with E-state index in [1.54, 1.807) is 7.11 Å². The van der Waals surface area contributed by atoms with Crippen molar-refractivity contribution >= 4 is 0 Å². The third-order valence-corrected chi connectivity index (χ3v) is 3.24. The van der Waals surface area contributed by atoms with Gasteiger partial charge in [0.25, 0.3) is 0 Å². The van der Waals surface area contributed by atoms with E-state index in [9.17, 15) is 0 Å². The van der Waals surface area contributed by atoms with Crippen molar-refractivity contribution in [2.45, 2.75) is 39.5 Å².